The van der Waals surface area contributed by atoms with E-state index in [2.05, 4.69) is 0 Å². The van der Waals surface area contributed by atoms with Crippen LogP contribution in [0.15, 0.2) is 18.2 Å². The Labute approximate surface area is 148 Å². The Morgan fingerprint density at radius 1 is 0.960 bits per heavy atom. The Hall–Kier alpha value is -2.24. The largest absolute Gasteiger partial charge is 0.490 e. The number of hydrogen-bond acceptors (Lipinski definition) is 4. The van der Waals surface area contributed by atoms with Crippen LogP contribution in [-0.4, -0.2) is 61.0 Å². The van der Waals surface area contributed by atoms with Gasteiger partial charge in [-0.25, -0.2) is 0 Å². The van der Waals surface area contributed by atoms with Gasteiger partial charge in [-0.05, 0) is 31.0 Å². The molecule has 0 unspecified atom stereocenters. The highest BCUT2D eigenvalue weighted by molar-refractivity contribution is 5.95. The zero-order chi connectivity index (χ0) is 17.6. The summed E-state index contributed by atoms with van der Waals surface area (Å²) in [6, 6.07) is 5.37. The lowest BCUT2D eigenvalue weighted by Crippen LogP contribution is -2.37. The maximum Gasteiger partial charge on any atom is 0.254 e. The standard InChI is InChI=1S/C19H26N2O4/c1-2-5-18(22)20-8-3-9-21(11-10-20)19(23)15-6-7-16-17(14-15)25-13-4-12-24-16/h6-7,14H,2-5,8-13H2,1H3. The monoisotopic (exact) mass is 346 g/mol. The first-order valence-corrected chi connectivity index (χ1v) is 9.15. The summed E-state index contributed by atoms with van der Waals surface area (Å²) in [5.74, 6) is 1.51. The van der Waals surface area contributed by atoms with E-state index in [9.17, 15) is 9.59 Å². The van der Waals surface area contributed by atoms with E-state index in [1.54, 1.807) is 12.1 Å². The van der Waals surface area contributed by atoms with Gasteiger partial charge in [0.2, 0.25) is 5.91 Å². The lowest BCUT2D eigenvalue weighted by Gasteiger charge is -2.22. The Morgan fingerprint density at radius 2 is 1.68 bits per heavy atom. The Balaban J connectivity index is 1.67. The molecular weight excluding hydrogens is 320 g/mol. The zero-order valence-electron chi connectivity index (χ0n) is 14.8. The molecule has 0 spiro atoms. The number of amides is 2. The normalized spacial score (nSPS) is 17.6. The van der Waals surface area contributed by atoms with Crippen LogP contribution in [0.5, 0.6) is 11.5 Å². The van der Waals surface area contributed by atoms with Crippen molar-refractivity contribution in [1.82, 2.24) is 9.80 Å². The number of benzene rings is 1. The molecule has 0 N–H and O–H groups in total. The van der Waals surface area contributed by atoms with Gasteiger partial charge in [-0.3, -0.25) is 9.59 Å². The molecule has 1 fully saturated rings. The van der Waals surface area contributed by atoms with Crippen molar-refractivity contribution in [3.05, 3.63) is 23.8 Å². The molecule has 6 nitrogen and oxygen atoms in total. The van der Waals surface area contributed by atoms with Gasteiger partial charge in [-0.15, -0.1) is 0 Å². The lowest BCUT2D eigenvalue weighted by atomic mass is 10.1. The molecule has 6 heteroatoms. The topological polar surface area (TPSA) is 59.1 Å². The van der Waals surface area contributed by atoms with Gasteiger partial charge in [-0.1, -0.05) is 6.92 Å². The molecule has 2 aliphatic rings. The molecule has 0 atom stereocenters. The molecule has 3 rings (SSSR count). The summed E-state index contributed by atoms with van der Waals surface area (Å²) >= 11 is 0. The van der Waals surface area contributed by atoms with Gasteiger partial charge in [0.1, 0.15) is 0 Å². The summed E-state index contributed by atoms with van der Waals surface area (Å²) in [4.78, 5) is 28.6. The minimum atomic E-state index is -0.0135. The predicted octanol–water partition coefficient (Wildman–Crippen LogP) is 2.32. The summed E-state index contributed by atoms with van der Waals surface area (Å²) < 4.78 is 11.3. The van der Waals surface area contributed by atoms with Crippen LogP contribution in [0.2, 0.25) is 0 Å². The molecule has 0 radical (unpaired) electrons. The Kier molecular flexibility index (Phi) is 5.79. The average Bonchev–Trinajstić information content (AvgIpc) is 3.01. The first-order valence-electron chi connectivity index (χ1n) is 9.15. The van der Waals surface area contributed by atoms with Gasteiger partial charge in [0.15, 0.2) is 11.5 Å². The van der Waals surface area contributed by atoms with E-state index in [4.69, 9.17) is 9.47 Å². The van der Waals surface area contributed by atoms with E-state index in [0.29, 0.717) is 56.3 Å². The highest BCUT2D eigenvalue weighted by atomic mass is 16.5. The third-order valence-corrected chi connectivity index (χ3v) is 4.59. The third kappa shape index (κ3) is 4.24. The molecule has 0 aliphatic carbocycles. The molecule has 1 aromatic rings. The van der Waals surface area contributed by atoms with Crippen molar-refractivity contribution in [2.75, 3.05) is 39.4 Å². The minimum absolute atomic E-state index is 0.0135. The second kappa shape index (κ2) is 8.23. The molecule has 0 saturated carbocycles. The fourth-order valence-corrected chi connectivity index (χ4v) is 3.22. The Bertz CT molecular complexity index is 632. The fraction of sp³-hybridized carbons (Fsp3) is 0.579. The molecular formula is C19H26N2O4. The van der Waals surface area contributed by atoms with E-state index >= 15 is 0 Å². The van der Waals surface area contributed by atoms with Crippen LogP contribution in [0.1, 0.15) is 43.0 Å². The van der Waals surface area contributed by atoms with Crippen LogP contribution in [-0.2, 0) is 4.79 Å². The van der Waals surface area contributed by atoms with Crippen LogP contribution in [0.3, 0.4) is 0 Å². The molecule has 0 aromatic heterocycles. The summed E-state index contributed by atoms with van der Waals surface area (Å²) in [6.45, 7) is 5.82. The molecule has 25 heavy (non-hydrogen) atoms. The van der Waals surface area contributed by atoms with Gasteiger partial charge >= 0.3 is 0 Å². The average molecular weight is 346 g/mol. The van der Waals surface area contributed by atoms with E-state index < -0.39 is 0 Å². The van der Waals surface area contributed by atoms with Crippen LogP contribution in [0.25, 0.3) is 0 Å². The van der Waals surface area contributed by atoms with Gasteiger partial charge in [0.05, 0.1) is 13.2 Å². The van der Waals surface area contributed by atoms with E-state index in [0.717, 1.165) is 25.8 Å². The van der Waals surface area contributed by atoms with E-state index in [1.807, 2.05) is 22.8 Å². The second-order valence-corrected chi connectivity index (χ2v) is 6.49. The second-order valence-electron chi connectivity index (χ2n) is 6.49. The lowest BCUT2D eigenvalue weighted by molar-refractivity contribution is -0.131. The SMILES string of the molecule is CCCC(=O)N1CCCN(C(=O)c2ccc3c(c2)OCCCO3)CC1. The molecule has 1 aromatic carbocycles. The predicted molar refractivity (Wildman–Crippen MR) is 94.1 cm³/mol. The first-order chi connectivity index (χ1) is 12.2. The van der Waals surface area contributed by atoms with E-state index in [1.165, 1.54) is 0 Å². The van der Waals surface area contributed by atoms with Crippen LogP contribution >= 0.6 is 0 Å². The van der Waals surface area contributed by atoms with Crippen molar-refractivity contribution < 1.29 is 19.1 Å². The van der Waals surface area contributed by atoms with Gasteiger partial charge in [0.25, 0.3) is 5.91 Å². The van der Waals surface area contributed by atoms with Gasteiger partial charge < -0.3 is 19.3 Å². The molecule has 2 heterocycles. The van der Waals surface area contributed by atoms with Gasteiger partial charge in [0, 0.05) is 44.6 Å². The minimum Gasteiger partial charge on any atom is -0.490 e. The van der Waals surface area contributed by atoms with Crippen molar-refractivity contribution >= 4 is 11.8 Å². The van der Waals surface area contributed by atoms with Crippen molar-refractivity contribution in [2.24, 2.45) is 0 Å². The summed E-state index contributed by atoms with van der Waals surface area (Å²) in [5.41, 5.74) is 0.609. The van der Waals surface area contributed by atoms with Gasteiger partial charge in [-0.2, -0.15) is 0 Å². The summed E-state index contributed by atoms with van der Waals surface area (Å²) in [5, 5.41) is 0. The van der Waals surface area contributed by atoms with Crippen LogP contribution < -0.4 is 9.47 Å². The van der Waals surface area contributed by atoms with Crippen molar-refractivity contribution in [1.29, 1.82) is 0 Å². The molecule has 2 aliphatic heterocycles. The Morgan fingerprint density at radius 3 is 2.48 bits per heavy atom. The number of rotatable bonds is 3. The van der Waals surface area contributed by atoms with Crippen molar-refractivity contribution in [2.45, 2.75) is 32.6 Å². The smallest absolute Gasteiger partial charge is 0.254 e. The number of fused-ring (bicyclic) bond motifs is 1. The number of hydrogen-bond donors (Lipinski definition) is 0. The van der Waals surface area contributed by atoms with Crippen LogP contribution in [0, 0.1) is 0 Å². The highest BCUT2D eigenvalue weighted by Crippen LogP contribution is 2.30. The maximum atomic E-state index is 12.9. The molecule has 2 amide bonds. The number of carbonyl (C=O) groups excluding carboxylic acids is 2. The van der Waals surface area contributed by atoms with E-state index in [-0.39, 0.29) is 11.8 Å². The number of carbonyl (C=O) groups is 2. The summed E-state index contributed by atoms with van der Waals surface area (Å²) in [6.07, 6.45) is 3.09. The van der Waals surface area contributed by atoms with Crippen molar-refractivity contribution in [3.8, 4) is 11.5 Å². The van der Waals surface area contributed by atoms with Crippen LogP contribution in [0.4, 0.5) is 0 Å². The van der Waals surface area contributed by atoms with Crippen molar-refractivity contribution in [3.63, 3.8) is 0 Å². The quantitative estimate of drug-likeness (QED) is 0.843. The molecule has 136 valence electrons. The first kappa shape index (κ1) is 17.6. The number of ether oxygens (including phenoxy) is 2. The molecule has 0 bridgehead atoms. The molecule has 1 saturated heterocycles. The zero-order valence-corrected chi connectivity index (χ0v) is 14.8. The maximum absolute atomic E-state index is 12.9. The number of nitrogens with zero attached hydrogens (tertiary/aromatic N) is 2. The third-order valence-electron chi connectivity index (χ3n) is 4.59. The fourth-order valence-electron chi connectivity index (χ4n) is 3.22. The highest BCUT2D eigenvalue weighted by Gasteiger charge is 2.23. The summed E-state index contributed by atoms with van der Waals surface area (Å²) in [7, 11) is 0.